The van der Waals surface area contributed by atoms with E-state index in [2.05, 4.69) is 16.6 Å². The minimum Gasteiger partial charge on any atom is -0.211 e. The number of rotatable bonds is 5. The SMILES string of the molecule is C=C(C)Cc1cc(C)ccc1C(N=C=O)N=C=O. The molecule has 0 aliphatic heterocycles. The summed E-state index contributed by atoms with van der Waals surface area (Å²) in [4.78, 5) is 27.8. The summed E-state index contributed by atoms with van der Waals surface area (Å²) in [7, 11) is 0. The van der Waals surface area contributed by atoms with Gasteiger partial charge in [-0.2, -0.15) is 9.98 Å². The van der Waals surface area contributed by atoms with Gasteiger partial charge in [0.05, 0.1) is 0 Å². The lowest BCUT2D eigenvalue weighted by atomic mass is 9.97. The second-order valence-electron chi connectivity index (χ2n) is 4.15. The molecule has 0 radical (unpaired) electrons. The summed E-state index contributed by atoms with van der Waals surface area (Å²) in [5.41, 5.74) is 3.71. The molecule has 0 spiro atoms. The fraction of sp³-hybridized carbons (Fsp3) is 0.286. The average Bonchev–Trinajstić information content (AvgIpc) is 2.28. The van der Waals surface area contributed by atoms with Gasteiger partial charge in [0.25, 0.3) is 0 Å². The first kappa shape index (κ1) is 13.8. The van der Waals surface area contributed by atoms with Gasteiger partial charge in [-0.05, 0) is 25.8 Å². The van der Waals surface area contributed by atoms with Crippen molar-refractivity contribution in [2.75, 3.05) is 0 Å². The summed E-state index contributed by atoms with van der Waals surface area (Å²) in [6, 6.07) is 5.66. The van der Waals surface area contributed by atoms with Crippen molar-refractivity contribution in [2.24, 2.45) is 9.98 Å². The van der Waals surface area contributed by atoms with Crippen LogP contribution in [0.4, 0.5) is 0 Å². The zero-order chi connectivity index (χ0) is 13.5. The van der Waals surface area contributed by atoms with Gasteiger partial charge >= 0.3 is 0 Å². The van der Waals surface area contributed by atoms with E-state index < -0.39 is 6.17 Å². The number of nitrogens with zero attached hydrogens (tertiary/aromatic N) is 2. The van der Waals surface area contributed by atoms with E-state index >= 15 is 0 Å². The van der Waals surface area contributed by atoms with Crippen molar-refractivity contribution >= 4 is 12.2 Å². The van der Waals surface area contributed by atoms with Crippen molar-refractivity contribution in [1.82, 2.24) is 0 Å². The molecule has 0 amide bonds. The first-order valence-electron chi connectivity index (χ1n) is 5.46. The van der Waals surface area contributed by atoms with E-state index in [0.29, 0.717) is 12.0 Å². The Morgan fingerprint density at radius 1 is 1.33 bits per heavy atom. The van der Waals surface area contributed by atoms with Gasteiger partial charge in [0.15, 0.2) is 6.17 Å². The summed E-state index contributed by atoms with van der Waals surface area (Å²) in [5.74, 6) is 0. The number of hydrogen-bond acceptors (Lipinski definition) is 4. The lowest BCUT2D eigenvalue weighted by Crippen LogP contribution is -2.00. The predicted octanol–water partition coefficient (Wildman–Crippen LogP) is 2.78. The minimum atomic E-state index is -0.866. The second kappa shape index (κ2) is 6.45. The molecule has 1 rings (SSSR count). The highest BCUT2D eigenvalue weighted by molar-refractivity contribution is 5.43. The molecule has 0 saturated heterocycles. The maximum atomic E-state index is 10.4. The molecule has 92 valence electrons. The lowest BCUT2D eigenvalue weighted by molar-refractivity contribution is 0.551. The van der Waals surface area contributed by atoms with E-state index in [1.165, 1.54) is 12.2 Å². The molecule has 4 nitrogen and oxygen atoms in total. The predicted molar refractivity (Wildman–Crippen MR) is 68.7 cm³/mol. The van der Waals surface area contributed by atoms with Gasteiger partial charge in [0.2, 0.25) is 12.2 Å². The molecule has 0 heterocycles. The first-order valence-corrected chi connectivity index (χ1v) is 5.46. The highest BCUT2D eigenvalue weighted by Crippen LogP contribution is 2.25. The van der Waals surface area contributed by atoms with E-state index in [1.807, 2.05) is 26.0 Å². The molecule has 0 aliphatic carbocycles. The molecule has 0 fully saturated rings. The van der Waals surface area contributed by atoms with Crippen LogP contribution in [0.5, 0.6) is 0 Å². The van der Waals surface area contributed by atoms with Crippen LogP contribution < -0.4 is 0 Å². The zero-order valence-electron chi connectivity index (χ0n) is 10.4. The Hall–Kier alpha value is -2.28. The highest BCUT2D eigenvalue weighted by Gasteiger charge is 2.13. The number of aliphatic imine (C=N–C) groups is 2. The first-order chi connectivity index (χ1) is 8.58. The molecule has 0 saturated carbocycles. The van der Waals surface area contributed by atoms with Crippen molar-refractivity contribution in [3.8, 4) is 0 Å². The molecular weight excluding hydrogens is 228 g/mol. The Bertz CT molecular complexity index is 533. The number of carbonyl (C=O) groups excluding carboxylic acids is 2. The highest BCUT2D eigenvalue weighted by atomic mass is 16.1. The Morgan fingerprint density at radius 3 is 2.44 bits per heavy atom. The number of aryl methyl sites for hydroxylation is 1. The van der Waals surface area contributed by atoms with Gasteiger partial charge < -0.3 is 0 Å². The summed E-state index contributed by atoms with van der Waals surface area (Å²) in [6.45, 7) is 7.73. The van der Waals surface area contributed by atoms with Crippen LogP contribution in [0.1, 0.15) is 29.8 Å². The number of hydrogen-bond donors (Lipinski definition) is 0. The maximum Gasteiger partial charge on any atom is 0.237 e. The smallest absolute Gasteiger partial charge is 0.211 e. The normalized spacial score (nSPS) is 11.0. The number of isocyanates is 2. The quantitative estimate of drug-likeness (QED) is 0.453. The Kier molecular flexibility index (Phi) is 4.94. The minimum absolute atomic E-state index is 0.649. The van der Waals surface area contributed by atoms with Crippen LogP contribution in [0, 0.1) is 6.92 Å². The van der Waals surface area contributed by atoms with Gasteiger partial charge in [-0.3, -0.25) is 0 Å². The van der Waals surface area contributed by atoms with Crippen LogP contribution in [0.3, 0.4) is 0 Å². The van der Waals surface area contributed by atoms with Crippen molar-refractivity contribution in [2.45, 2.75) is 26.4 Å². The lowest BCUT2D eigenvalue weighted by Gasteiger charge is -2.12. The summed E-state index contributed by atoms with van der Waals surface area (Å²) in [5, 5.41) is 0. The molecule has 0 bridgehead atoms. The van der Waals surface area contributed by atoms with Crippen LogP contribution in [-0.4, -0.2) is 12.2 Å². The molecular formula is C14H14N2O2. The van der Waals surface area contributed by atoms with Gasteiger partial charge in [0, 0.05) is 5.56 Å². The zero-order valence-corrected chi connectivity index (χ0v) is 10.4. The van der Waals surface area contributed by atoms with Crippen LogP contribution in [0.25, 0.3) is 0 Å². The molecule has 4 heteroatoms. The van der Waals surface area contributed by atoms with Crippen molar-refractivity contribution < 1.29 is 9.59 Å². The molecule has 0 atom stereocenters. The molecule has 18 heavy (non-hydrogen) atoms. The fourth-order valence-electron chi connectivity index (χ4n) is 1.73. The third-order valence-corrected chi connectivity index (χ3v) is 2.42. The standard InChI is InChI=1S/C14H14N2O2/c1-10(2)6-12-7-11(3)4-5-13(12)14(15-8-17)16-9-18/h4-5,7,14H,1,6H2,2-3H3. The Morgan fingerprint density at radius 2 is 1.94 bits per heavy atom. The maximum absolute atomic E-state index is 10.4. The fourth-order valence-corrected chi connectivity index (χ4v) is 1.73. The molecule has 0 unspecified atom stereocenters. The van der Waals surface area contributed by atoms with Gasteiger partial charge in [0.1, 0.15) is 0 Å². The van der Waals surface area contributed by atoms with Gasteiger partial charge in [-0.25, -0.2) is 9.59 Å². The monoisotopic (exact) mass is 242 g/mol. The third-order valence-electron chi connectivity index (χ3n) is 2.42. The van der Waals surface area contributed by atoms with E-state index in [-0.39, 0.29) is 0 Å². The topological polar surface area (TPSA) is 58.9 Å². The summed E-state index contributed by atoms with van der Waals surface area (Å²) < 4.78 is 0. The number of allylic oxidation sites excluding steroid dienone is 1. The van der Waals surface area contributed by atoms with Crippen molar-refractivity contribution in [1.29, 1.82) is 0 Å². The second-order valence-corrected chi connectivity index (χ2v) is 4.15. The number of benzene rings is 1. The third kappa shape index (κ3) is 3.63. The summed E-state index contributed by atoms with van der Waals surface area (Å²) in [6.07, 6.45) is 2.64. The van der Waals surface area contributed by atoms with E-state index in [4.69, 9.17) is 0 Å². The van der Waals surface area contributed by atoms with E-state index in [0.717, 1.165) is 16.7 Å². The van der Waals surface area contributed by atoms with Gasteiger partial charge in [-0.15, -0.1) is 0 Å². The molecule has 0 N–H and O–H groups in total. The van der Waals surface area contributed by atoms with E-state index in [1.54, 1.807) is 6.07 Å². The molecule has 1 aromatic rings. The van der Waals surface area contributed by atoms with Crippen LogP contribution in [0.2, 0.25) is 0 Å². The van der Waals surface area contributed by atoms with E-state index in [9.17, 15) is 9.59 Å². The van der Waals surface area contributed by atoms with Crippen LogP contribution in [-0.2, 0) is 16.0 Å². The van der Waals surface area contributed by atoms with Crippen LogP contribution in [0.15, 0.2) is 40.3 Å². The Balaban J connectivity index is 3.31. The van der Waals surface area contributed by atoms with Crippen LogP contribution >= 0.6 is 0 Å². The Labute approximate surface area is 106 Å². The molecule has 0 aliphatic rings. The molecule has 1 aromatic carbocycles. The van der Waals surface area contributed by atoms with Crippen molar-refractivity contribution in [3.63, 3.8) is 0 Å². The van der Waals surface area contributed by atoms with Crippen molar-refractivity contribution in [3.05, 3.63) is 47.0 Å². The average molecular weight is 242 g/mol. The largest absolute Gasteiger partial charge is 0.237 e. The molecule has 0 aromatic heterocycles. The summed E-state index contributed by atoms with van der Waals surface area (Å²) >= 11 is 0. The van der Waals surface area contributed by atoms with Gasteiger partial charge in [-0.1, -0.05) is 35.9 Å².